The zero-order valence-corrected chi connectivity index (χ0v) is 19.9. The minimum atomic E-state index is -0.362. The molecule has 6 nitrogen and oxygen atoms in total. The molecule has 6 heteroatoms. The van der Waals surface area contributed by atoms with Gasteiger partial charge in [-0.1, -0.05) is 49.6 Å². The van der Waals surface area contributed by atoms with Gasteiger partial charge in [-0.05, 0) is 49.2 Å². The lowest BCUT2D eigenvalue weighted by molar-refractivity contribution is -0.158. The van der Waals surface area contributed by atoms with Crippen molar-refractivity contribution in [2.24, 2.45) is 11.8 Å². The molecule has 0 unspecified atom stereocenters. The second kappa shape index (κ2) is 12.5. The van der Waals surface area contributed by atoms with Gasteiger partial charge in [-0.15, -0.1) is 0 Å². The minimum Gasteiger partial charge on any atom is -0.459 e. The smallest absolute Gasteiger partial charge is 0.288 e. The van der Waals surface area contributed by atoms with Gasteiger partial charge in [0, 0.05) is 45.8 Å². The molecule has 1 saturated heterocycles. The number of hydrogen-bond donors (Lipinski definition) is 1. The molecule has 1 saturated carbocycles. The Morgan fingerprint density at radius 1 is 1.03 bits per heavy atom. The van der Waals surface area contributed by atoms with E-state index in [0.717, 1.165) is 52.0 Å². The van der Waals surface area contributed by atoms with Crippen LogP contribution in [0.5, 0.6) is 0 Å². The summed E-state index contributed by atoms with van der Waals surface area (Å²) in [6, 6.07) is 10.5. The van der Waals surface area contributed by atoms with Gasteiger partial charge in [-0.25, -0.2) is 0 Å². The standard InChI is InChI=1S/C27H40N2O4/c30-17-7-8-18-32-26-20-24(23-11-5-2-6-12-23)19-25(33-26)27(31)29-15-13-28(14-16-29)21-22-9-3-1-4-10-22/h1,3-4,9-10,19,23-24,26,30H,2,5-8,11-18,20-21H2/t24-,26+/m0/s1. The molecule has 2 atom stereocenters. The van der Waals surface area contributed by atoms with Crippen LogP contribution in [-0.2, 0) is 20.8 Å². The fourth-order valence-electron chi connectivity index (χ4n) is 5.36. The van der Waals surface area contributed by atoms with Gasteiger partial charge < -0.3 is 19.5 Å². The van der Waals surface area contributed by atoms with E-state index in [4.69, 9.17) is 14.6 Å². The number of rotatable bonds is 9. The van der Waals surface area contributed by atoms with Crippen molar-refractivity contribution in [2.45, 2.75) is 64.2 Å². The Balaban J connectivity index is 1.35. The summed E-state index contributed by atoms with van der Waals surface area (Å²) in [4.78, 5) is 17.7. The van der Waals surface area contributed by atoms with Gasteiger partial charge in [0.15, 0.2) is 5.76 Å². The number of amides is 1. The maximum Gasteiger partial charge on any atom is 0.288 e. The number of piperazine rings is 1. The highest BCUT2D eigenvalue weighted by molar-refractivity contribution is 5.91. The van der Waals surface area contributed by atoms with Gasteiger partial charge in [0.2, 0.25) is 6.29 Å². The molecule has 1 N–H and O–H groups in total. The third-order valence-electron chi connectivity index (χ3n) is 7.32. The first-order chi connectivity index (χ1) is 16.2. The third kappa shape index (κ3) is 7.05. The summed E-state index contributed by atoms with van der Waals surface area (Å²) in [6.07, 6.45) is 10.5. The van der Waals surface area contributed by atoms with Crippen LogP contribution in [0.4, 0.5) is 0 Å². The van der Waals surface area contributed by atoms with Gasteiger partial charge in [0.05, 0.1) is 6.61 Å². The van der Waals surface area contributed by atoms with Crippen molar-refractivity contribution in [3.05, 3.63) is 47.7 Å². The summed E-state index contributed by atoms with van der Waals surface area (Å²) in [5, 5.41) is 9.03. The summed E-state index contributed by atoms with van der Waals surface area (Å²) in [6.45, 7) is 4.87. The van der Waals surface area contributed by atoms with Crippen LogP contribution in [0.3, 0.4) is 0 Å². The Hall–Kier alpha value is -1.89. The number of aliphatic hydroxyl groups is 1. The van der Waals surface area contributed by atoms with E-state index in [2.05, 4.69) is 35.2 Å². The number of benzene rings is 1. The maximum absolute atomic E-state index is 13.4. The molecular weight excluding hydrogens is 416 g/mol. The van der Waals surface area contributed by atoms with E-state index in [-0.39, 0.29) is 18.8 Å². The molecule has 1 aliphatic carbocycles. The molecule has 0 bridgehead atoms. The number of hydrogen-bond acceptors (Lipinski definition) is 5. The topological polar surface area (TPSA) is 62.2 Å². The Morgan fingerprint density at radius 3 is 2.52 bits per heavy atom. The number of carbonyl (C=O) groups is 1. The van der Waals surface area contributed by atoms with E-state index < -0.39 is 0 Å². The van der Waals surface area contributed by atoms with Crippen LogP contribution in [0.1, 0.15) is 56.9 Å². The molecule has 2 fully saturated rings. The molecule has 1 aromatic carbocycles. The Kier molecular flexibility index (Phi) is 9.21. The van der Waals surface area contributed by atoms with E-state index in [0.29, 0.717) is 24.2 Å². The highest BCUT2D eigenvalue weighted by Crippen LogP contribution is 2.37. The summed E-state index contributed by atoms with van der Waals surface area (Å²) in [7, 11) is 0. The van der Waals surface area contributed by atoms with Crippen LogP contribution in [0.25, 0.3) is 0 Å². The van der Waals surface area contributed by atoms with Crippen LogP contribution in [0.2, 0.25) is 0 Å². The second-order valence-electron chi connectivity index (χ2n) is 9.73. The predicted molar refractivity (Wildman–Crippen MR) is 128 cm³/mol. The molecule has 2 heterocycles. The van der Waals surface area contributed by atoms with Crippen LogP contribution in [-0.4, -0.2) is 66.5 Å². The fraction of sp³-hybridized carbons (Fsp3) is 0.667. The zero-order chi connectivity index (χ0) is 22.9. The number of aliphatic hydroxyl groups excluding tert-OH is 1. The molecule has 0 radical (unpaired) electrons. The molecular formula is C27H40N2O4. The molecule has 2 aliphatic heterocycles. The highest BCUT2D eigenvalue weighted by atomic mass is 16.7. The van der Waals surface area contributed by atoms with Crippen LogP contribution < -0.4 is 0 Å². The number of ether oxygens (including phenoxy) is 2. The quantitative estimate of drug-likeness (QED) is 0.570. The normalized spacial score (nSPS) is 24.9. The minimum absolute atomic E-state index is 0.0128. The molecule has 33 heavy (non-hydrogen) atoms. The van der Waals surface area contributed by atoms with Crippen LogP contribution in [0, 0.1) is 11.8 Å². The SMILES string of the molecule is O=C(C1=C[C@H](C2CCCCC2)C[C@H](OCCCCO)O1)N1CCN(Cc2ccccc2)CC1. The fourth-order valence-corrected chi connectivity index (χ4v) is 5.36. The van der Waals surface area contributed by atoms with Crippen LogP contribution >= 0.6 is 0 Å². The zero-order valence-electron chi connectivity index (χ0n) is 19.9. The van der Waals surface area contributed by atoms with Gasteiger partial charge in [0.1, 0.15) is 0 Å². The van der Waals surface area contributed by atoms with Crippen molar-refractivity contribution in [2.75, 3.05) is 39.4 Å². The molecule has 4 rings (SSSR count). The van der Waals surface area contributed by atoms with Crippen LogP contribution in [0.15, 0.2) is 42.2 Å². The molecule has 182 valence electrons. The van der Waals surface area contributed by atoms with Crippen molar-refractivity contribution in [3.63, 3.8) is 0 Å². The Bertz CT molecular complexity index is 755. The largest absolute Gasteiger partial charge is 0.459 e. The van der Waals surface area contributed by atoms with Gasteiger partial charge >= 0.3 is 0 Å². The van der Waals surface area contributed by atoms with Crippen molar-refractivity contribution < 1.29 is 19.4 Å². The number of unbranched alkanes of at least 4 members (excludes halogenated alkanes) is 1. The van der Waals surface area contributed by atoms with E-state index >= 15 is 0 Å². The van der Waals surface area contributed by atoms with Gasteiger partial charge in [0.25, 0.3) is 5.91 Å². The first-order valence-corrected chi connectivity index (χ1v) is 12.9. The van der Waals surface area contributed by atoms with Crippen molar-refractivity contribution in [1.29, 1.82) is 0 Å². The third-order valence-corrected chi connectivity index (χ3v) is 7.32. The lowest BCUT2D eigenvalue weighted by atomic mass is 9.77. The van der Waals surface area contributed by atoms with E-state index in [1.54, 1.807) is 0 Å². The lowest BCUT2D eigenvalue weighted by Gasteiger charge is -2.38. The van der Waals surface area contributed by atoms with Gasteiger partial charge in [-0.2, -0.15) is 0 Å². The highest BCUT2D eigenvalue weighted by Gasteiger charge is 2.35. The Morgan fingerprint density at radius 2 is 1.79 bits per heavy atom. The van der Waals surface area contributed by atoms with Crippen molar-refractivity contribution in [3.8, 4) is 0 Å². The summed E-state index contributed by atoms with van der Waals surface area (Å²) in [5.41, 5.74) is 1.31. The van der Waals surface area contributed by atoms with Crippen molar-refractivity contribution >= 4 is 5.91 Å². The molecule has 0 aromatic heterocycles. The molecule has 1 amide bonds. The van der Waals surface area contributed by atoms with E-state index in [1.165, 1.54) is 37.7 Å². The Labute approximate surface area is 198 Å². The van der Waals surface area contributed by atoms with E-state index in [1.807, 2.05) is 11.0 Å². The van der Waals surface area contributed by atoms with Crippen molar-refractivity contribution in [1.82, 2.24) is 9.80 Å². The first kappa shape index (κ1) is 24.2. The summed E-state index contributed by atoms with van der Waals surface area (Å²) >= 11 is 0. The summed E-state index contributed by atoms with van der Waals surface area (Å²) in [5.74, 6) is 1.47. The molecule has 3 aliphatic rings. The van der Waals surface area contributed by atoms with E-state index in [9.17, 15) is 4.79 Å². The molecule has 0 spiro atoms. The number of nitrogens with zero attached hydrogens (tertiary/aromatic N) is 2. The maximum atomic E-state index is 13.4. The first-order valence-electron chi connectivity index (χ1n) is 12.9. The average molecular weight is 457 g/mol. The monoisotopic (exact) mass is 456 g/mol. The van der Waals surface area contributed by atoms with Gasteiger partial charge in [-0.3, -0.25) is 9.69 Å². The number of carbonyl (C=O) groups excluding carboxylic acids is 1. The average Bonchev–Trinajstić information content (AvgIpc) is 2.88. The molecule has 1 aromatic rings. The predicted octanol–water partition coefficient (Wildman–Crippen LogP) is 3.95. The number of allylic oxidation sites excluding steroid dienone is 1. The lowest BCUT2D eigenvalue weighted by Crippen LogP contribution is -2.49. The summed E-state index contributed by atoms with van der Waals surface area (Å²) < 4.78 is 12.1. The second-order valence-corrected chi connectivity index (χ2v) is 9.73.